The number of carboxylic acid groups (broad SMARTS) is 1. The number of carboxylic acids is 1. The maximum atomic E-state index is 10.0. The first-order valence-corrected chi connectivity index (χ1v) is 9.87. The molecule has 0 saturated heterocycles. The molecule has 0 fully saturated rings. The van der Waals surface area contributed by atoms with Crippen molar-refractivity contribution in [1.82, 2.24) is 0 Å². The average molecular weight is 331 g/mol. The van der Waals surface area contributed by atoms with Gasteiger partial charge in [0.1, 0.15) is 0 Å². The van der Waals surface area contributed by atoms with E-state index in [1.54, 1.807) is 0 Å². The normalized spacial score (nSPS) is 10.5. The number of aliphatic carboxylic acids is 1. The quantitative estimate of drug-likeness (QED) is 0.352. The first-order valence-electron chi connectivity index (χ1n) is 9.87. The van der Waals surface area contributed by atoms with Gasteiger partial charge in [-0.2, -0.15) is 0 Å². The van der Waals surface area contributed by atoms with E-state index >= 15 is 0 Å². The summed E-state index contributed by atoms with van der Waals surface area (Å²) in [4.78, 5) is 10.0. The monoisotopic (exact) mass is 330 g/mol. The SMILES string of the molecule is CC(C)CCCCC(=O)O.CCCCCCCCCCCCO. The van der Waals surface area contributed by atoms with Crippen LogP contribution in [0.5, 0.6) is 0 Å². The predicted molar refractivity (Wildman–Crippen MR) is 99.9 cm³/mol. The lowest BCUT2D eigenvalue weighted by molar-refractivity contribution is -0.137. The Kier molecular flexibility index (Phi) is 23.0. The highest BCUT2D eigenvalue weighted by Crippen LogP contribution is 2.10. The summed E-state index contributed by atoms with van der Waals surface area (Å²) in [5, 5.41) is 16.8. The lowest BCUT2D eigenvalue weighted by Crippen LogP contribution is -1.94. The van der Waals surface area contributed by atoms with Crippen molar-refractivity contribution >= 4 is 5.97 Å². The molecule has 140 valence electrons. The van der Waals surface area contributed by atoms with E-state index in [0.717, 1.165) is 25.7 Å². The summed E-state index contributed by atoms with van der Waals surface area (Å²) < 4.78 is 0. The van der Waals surface area contributed by atoms with Crippen molar-refractivity contribution in [3.05, 3.63) is 0 Å². The van der Waals surface area contributed by atoms with Gasteiger partial charge in [0.15, 0.2) is 0 Å². The van der Waals surface area contributed by atoms with Crippen LogP contribution in [0.25, 0.3) is 0 Å². The first-order chi connectivity index (χ1) is 11.0. The molecule has 0 aliphatic carbocycles. The molecule has 0 aromatic rings. The van der Waals surface area contributed by atoms with Gasteiger partial charge < -0.3 is 10.2 Å². The third kappa shape index (κ3) is 30.0. The van der Waals surface area contributed by atoms with Crippen molar-refractivity contribution in [1.29, 1.82) is 0 Å². The van der Waals surface area contributed by atoms with Crippen molar-refractivity contribution in [3.8, 4) is 0 Å². The third-order valence-electron chi connectivity index (χ3n) is 3.93. The molecule has 2 N–H and O–H groups in total. The molecule has 23 heavy (non-hydrogen) atoms. The summed E-state index contributed by atoms with van der Waals surface area (Å²) >= 11 is 0. The van der Waals surface area contributed by atoms with Gasteiger partial charge in [-0.15, -0.1) is 0 Å². The van der Waals surface area contributed by atoms with Gasteiger partial charge in [0.2, 0.25) is 0 Å². The lowest BCUT2D eigenvalue weighted by Gasteiger charge is -2.01. The molecular formula is C20H42O3. The molecule has 0 bridgehead atoms. The van der Waals surface area contributed by atoms with Crippen LogP contribution in [0.3, 0.4) is 0 Å². The average Bonchev–Trinajstić information content (AvgIpc) is 2.50. The minimum Gasteiger partial charge on any atom is -0.481 e. The molecule has 0 heterocycles. The zero-order chi connectivity index (χ0) is 17.8. The summed E-state index contributed by atoms with van der Waals surface area (Å²) in [6, 6.07) is 0. The number of carbonyl (C=O) groups is 1. The second kappa shape index (κ2) is 21.4. The Morgan fingerprint density at radius 3 is 1.65 bits per heavy atom. The molecule has 0 saturated carbocycles. The van der Waals surface area contributed by atoms with Gasteiger partial charge in [-0.05, 0) is 18.8 Å². The standard InChI is InChI=1S/C12H26O.C8H16O2/c1-2-3-4-5-6-7-8-9-10-11-12-13;1-7(2)5-3-4-6-8(9)10/h13H,2-12H2,1H3;7H,3-6H2,1-2H3,(H,9,10). The largest absolute Gasteiger partial charge is 0.481 e. The highest BCUT2D eigenvalue weighted by atomic mass is 16.4. The first kappa shape index (κ1) is 24.7. The van der Waals surface area contributed by atoms with Crippen LogP contribution in [0.4, 0.5) is 0 Å². The van der Waals surface area contributed by atoms with Crippen molar-refractivity contribution in [2.75, 3.05) is 6.61 Å². The number of hydrogen-bond donors (Lipinski definition) is 2. The number of unbranched alkanes of at least 4 members (excludes halogenated alkanes) is 10. The molecule has 0 aliphatic rings. The number of aliphatic hydroxyl groups excluding tert-OH is 1. The highest BCUT2D eigenvalue weighted by Gasteiger charge is 1.97. The van der Waals surface area contributed by atoms with Gasteiger partial charge >= 0.3 is 5.97 Å². The molecule has 0 aromatic carbocycles. The van der Waals surface area contributed by atoms with E-state index in [1.165, 1.54) is 57.8 Å². The number of rotatable bonds is 15. The lowest BCUT2D eigenvalue weighted by atomic mass is 10.1. The van der Waals surface area contributed by atoms with Crippen molar-refractivity contribution in [2.24, 2.45) is 5.92 Å². The van der Waals surface area contributed by atoms with Crippen LogP contribution < -0.4 is 0 Å². The molecule has 3 nitrogen and oxygen atoms in total. The Labute approximate surface area is 144 Å². The molecule has 0 aliphatic heterocycles. The number of hydrogen-bond acceptors (Lipinski definition) is 2. The predicted octanol–water partition coefficient (Wildman–Crippen LogP) is 6.19. The van der Waals surface area contributed by atoms with Crippen molar-refractivity contribution in [2.45, 2.75) is 111 Å². The van der Waals surface area contributed by atoms with Gasteiger partial charge in [0, 0.05) is 13.0 Å². The van der Waals surface area contributed by atoms with E-state index in [4.69, 9.17) is 10.2 Å². The molecule has 0 spiro atoms. The minimum absolute atomic E-state index is 0.326. The maximum Gasteiger partial charge on any atom is 0.303 e. The Morgan fingerprint density at radius 1 is 0.783 bits per heavy atom. The topological polar surface area (TPSA) is 57.5 Å². The van der Waals surface area contributed by atoms with Crippen LogP contribution in [0, 0.1) is 5.92 Å². The number of aliphatic hydroxyl groups is 1. The van der Waals surface area contributed by atoms with E-state index < -0.39 is 5.97 Å². The molecular weight excluding hydrogens is 288 g/mol. The second-order valence-electron chi connectivity index (χ2n) is 6.94. The maximum absolute atomic E-state index is 10.0. The Morgan fingerprint density at radius 2 is 1.26 bits per heavy atom. The van der Waals surface area contributed by atoms with Crippen LogP contribution in [-0.4, -0.2) is 22.8 Å². The molecule has 0 unspecified atom stereocenters. The van der Waals surface area contributed by atoms with Gasteiger partial charge in [-0.25, -0.2) is 0 Å². The van der Waals surface area contributed by atoms with Crippen molar-refractivity contribution in [3.63, 3.8) is 0 Å². The van der Waals surface area contributed by atoms with E-state index in [2.05, 4.69) is 20.8 Å². The van der Waals surface area contributed by atoms with E-state index in [1.807, 2.05) is 0 Å². The smallest absolute Gasteiger partial charge is 0.303 e. The molecule has 0 rings (SSSR count). The summed E-state index contributed by atoms with van der Waals surface area (Å²) in [5.41, 5.74) is 0. The van der Waals surface area contributed by atoms with Gasteiger partial charge in [-0.1, -0.05) is 91.4 Å². The van der Waals surface area contributed by atoms with Crippen LogP contribution in [-0.2, 0) is 4.79 Å². The Balaban J connectivity index is 0. The van der Waals surface area contributed by atoms with E-state index in [0.29, 0.717) is 18.9 Å². The molecule has 3 heteroatoms. The second-order valence-corrected chi connectivity index (χ2v) is 6.94. The highest BCUT2D eigenvalue weighted by molar-refractivity contribution is 5.66. The summed E-state index contributed by atoms with van der Waals surface area (Å²) in [6.07, 6.45) is 16.6. The van der Waals surface area contributed by atoms with Crippen LogP contribution in [0.2, 0.25) is 0 Å². The summed E-state index contributed by atoms with van der Waals surface area (Å²) in [6.45, 7) is 6.94. The fraction of sp³-hybridized carbons (Fsp3) is 0.950. The summed E-state index contributed by atoms with van der Waals surface area (Å²) in [7, 11) is 0. The zero-order valence-electron chi connectivity index (χ0n) is 16.0. The Bertz CT molecular complexity index is 217. The molecule has 0 aromatic heterocycles. The zero-order valence-corrected chi connectivity index (χ0v) is 16.0. The van der Waals surface area contributed by atoms with Crippen LogP contribution in [0.15, 0.2) is 0 Å². The minimum atomic E-state index is -0.677. The van der Waals surface area contributed by atoms with E-state index in [-0.39, 0.29) is 0 Å². The van der Waals surface area contributed by atoms with Gasteiger partial charge in [-0.3, -0.25) is 4.79 Å². The fourth-order valence-electron chi connectivity index (χ4n) is 2.43. The summed E-state index contributed by atoms with van der Waals surface area (Å²) in [5.74, 6) is 0.0255. The van der Waals surface area contributed by atoms with Crippen LogP contribution >= 0.6 is 0 Å². The van der Waals surface area contributed by atoms with Gasteiger partial charge in [0.05, 0.1) is 0 Å². The Hall–Kier alpha value is -0.570. The third-order valence-corrected chi connectivity index (χ3v) is 3.93. The molecule has 0 atom stereocenters. The fourth-order valence-corrected chi connectivity index (χ4v) is 2.43. The molecule has 0 amide bonds. The van der Waals surface area contributed by atoms with E-state index in [9.17, 15) is 4.79 Å². The van der Waals surface area contributed by atoms with Crippen LogP contribution in [0.1, 0.15) is 111 Å². The molecule has 0 radical (unpaired) electrons. The van der Waals surface area contributed by atoms with Gasteiger partial charge in [0.25, 0.3) is 0 Å². The van der Waals surface area contributed by atoms with Crippen molar-refractivity contribution < 1.29 is 15.0 Å².